The van der Waals surface area contributed by atoms with Crippen LogP contribution in [0.5, 0.6) is 0 Å². The number of methoxy groups -OCH3 is 1. The number of rotatable bonds is 4. The lowest BCUT2D eigenvalue weighted by Crippen LogP contribution is -2.50. The molecule has 2 nitrogen and oxygen atoms in total. The maximum Gasteiger partial charge on any atom is 0.0997 e. The van der Waals surface area contributed by atoms with Crippen molar-refractivity contribution in [2.45, 2.75) is 36.8 Å². The molecule has 3 heteroatoms. The second kappa shape index (κ2) is 3.52. The van der Waals surface area contributed by atoms with E-state index in [-0.39, 0.29) is 17.6 Å². The van der Waals surface area contributed by atoms with Crippen molar-refractivity contribution >= 4 is 11.6 Å². The van der Waals surface area contributed by atoms with Gasteiger partial charge in [-0.2, -0.15) is 0 Å². The third-order valence-electron chi connectivity index (χ3n) is 2.70. The summed E-state index contributed by atoms with van der Waals surface area (Å²) in [6.45, 7) is 0.911. The zero-order chi connectivity index (χ0) is 8.55. The van der Waals surface area contributed by atoms with Crippen molar-refractivity contribution in [3.8, 4) is 0 Å². The van der Waals surface area contributed by atoms with E-state index >= 15 is 0 Å². The van der Waals surface area contributed by atoms with Gasteiger partial charge in [0.25, 0.3) is 0 Å². The zero-order valence-electron chi connectivity index (χ0n) is 7.33. The van der Waals surface area contributed by atoms with E-state index in [1.807, 2.05) is 0 Å². The topological polar surface area (TPSA) is 18.5 Å². The molecule has 2 aliphatic rings. The molecule has 0 aromatic heterocycles. The second-order valence-corrected chi connectivity index (χ2v) is 4.33. The largest absolute Gasteiger partial charge is 0.377 e. The molecule has 0 spiro atoms. The molecule has 0 radical (unpaired) electrons. The fraction of sp³-hybridized carbons (Fsp3) is 1.00. The summed E-state index contributed by atoms with van der Waals surface area (Å²) in [4.78, 5) is 0. The molecular formula is C9H15ClO2. The molecule has 2 saturated carbocycles. The number of ether oxygens (including phenoxy) is 2. The molecule has 0 aromatic carbocycles. The Balaban J connectivity index is 1.66. The Labute approximate surface area is 78.2 Å². The molecule has 0 aromatic rings. The molecule has 3 atom stereocenters. The number of alkyl halides is 1. The summed E-state index contributed by atoms with van der Waals surface area (Å²) in [6.07, 6.45) is 4.03. The second-order valence-electron chi connectivity index (χ2n) is 3.77. The van der Waals surface area contributed by atoms with Crippen LogP contribution in [0.4, 0.5) is 0 Å². The molecule has 0 aliphatic heterocycles. The lowest BCUT2D eigenvalue weighted by atomic mass is 9.91. The normalized spacial score (nSPS) is 41.0. The maximum absolute atomic E-state index is 5.94. The van der Waals surface area contributed by atoms with Crippen molar-refractivity contribution in [1.82, 2.24) is 0 Å². The van der Waals surface area contributed by atoms with Gasteiger partial charge in [0.1, 0.15) is 0 Å². The van der Waals surface area contributed by atoms with Crippen LogP contribution in [-0.2, 0) is 9.47 Å². The van der Waals surface area contributed by atoms with E-state index in [0.717, 1.165) is 18.9 Å². The van der Waals surface area contributed by atoms with Crippen LogP contribution in [0.15, 0.2) is 0 Å². The number of halogens is 1. The van der Waals surface area contributed by atoms with Gasteiger partial charge in [0, 0.05) is 13.7 Å². The predicted molar refractivity (Wildman–Crippen MR) is 47.5 cm³/mol. The molecule has 0 amide bonds. The van der Waals surface area contributed by atoms with Gasteiger partial charge in [-0.25, -0.2) is 0 Å². The van der Waals surface area contributed by atoms with E-state index in [1.165, 1.54) is 12.8 Å². The molecule has 2 fully saturated rings. The molecular weight excluding hydrogens is 176 g/mol. The SMILES string of the molecule is COC1C(Cl)CC1OCC1CC1. The van der Waals surface area contributed by atoms with Crippen molar-refractivity contribution in [2.24, 2.45) is 5.92 Å². The number of hydrogen-bond acceptors (Lipinski definition) is 2. The minimum Gasteiger partial charge on any atom is -0.377 e. The Morgan fingerprint density at radius 2 is 2.17 bits per heavy atom. The molecule has 12 heavy (non-hydrogen) atoms. The third kappa shape index (κ3) is 1.76. The molecule has 0 N–H and O–H groups in total. The van der Waals surface area contributed by atoms with Crippen LogP contribution in [0.25, 0.3) is 0 Å². The molecule has 3 unspecified atom stereocenters. The number of hydrogen-bond donors (Lipinski definition) is 0. The van der Waals surface area contributed by atoms with Gasteiger partial charge in [-0.1, -0.05) is 0 Å². The van der Waals surface area contributed by atoms with Gasteiger partial charge >= 0.3 is 0 Å². The first-order valence-electron chi connectivity index (χ1n) is 4.59. The Morgan fingerprint density at radius 1 is 1.42 bits per heavy atom. The van der Waals surface area contributed by atoms with Gasteiger partial charge in [-0.15, -0.1) is 11.6 Å². The molecule has 70 valence electrons. The lowest BCUT2D eigenvalue weighted by Gasteiger charge is -2.39. The highest BCUT2D eigenvalue weighted by atomic mass is 35.5. The van der Waals surface area contributed by atoms with E-state index in [4.69, 9.17) is 21.1 Å². The fourth-order valence-corrected chi connectivity index (χ4v) is 1.97. The van der Waals surface area contributed by atoms with Crippen LogP contribution in [0.3, 0.4) is 0 Å². The molecule has 2 aliphatic carbocycles. The van der Waals surface area contributed by atoms with Crippen molar-refractivity contribution in [3.63, 3.8) is 0 Å². The first-order chi connectivity index (χ1) is 5.81. The van der Waals surface area contributed by atoms with Crippen LogP contribution in [0.1, 0.15) is 19.3 Å². The minimum atomic E-state index is 0.130. The molecule has 2 rings (SSSR count). The van der Waals surface area contributed by atoms with Gasteiger partial charge in [0.15, 0.2) is 0 Å². The van der Waals surface area contributed by atoms with E-state index in [2.05, 4.69) is 0 Å². The summed E-state index contributed by atoms with van der Waals surface area (Å²) in [7, 11) is 1.70. The molecule has 0 saturated heterocycles. The van der Waals surface area contributed by atoms with Gasteiger partial charge in [-0.05, 0) is 25.2 Å². The van der Waals surface area contributed by atoms with Crippen LogP contribution in [-0.4, -0.2) is 31.3 Å². The average molecular weight is 191 g/mol. The zero-order valence-corrected chi connectivity index (χ0v) is 8.09. The van der Waals surface area contributed by atoms with Crippen molar-refractivity contribution in [3.05, 3.63) is 0 Å². The van der Waals surface area contributed by atoms with Crippen LogP contribution in [0, 0.1) is 5.92 Å². The first kappa shape index (κ1) is 8.79. The van der Waals surface area contributed by atoms with E-state index in [1.54, 1.807) is 7.11 Å². The Kier molecular flexibility index (Phi) is 2.58. The fourth-order valence-electron chi connectivity index (χ4n) is 1.53. The summed E-state index contributed by atoms with van der Waals surface area (Å²) in [5.74, 6) is 0.830. The van der Waals surface area contributed by atoms with Crippen molar-refractivity contribution < 1.29 is 9.47 Å². The molecule has 0 bridgehead atoms. The Bertz CT molecular complexity index is 159. The highest BCUT2D eigenvalue weighted by Gasteiger charge is 2.41. The standard InChI is InChI=1S/C9H15ClO2/c1-11-9-7(10)4-8(9)12-5-6-2-3-6/h6-9H,2-5H2,1H3. The predicted octanol–water partition coefficient (Wildman–Crippen LogP) is 1.81. The van der Waals surface area contributed by atoms with Crippen molar-refractivity contribution in [2.75, 3.05) is 13.7 Å². The summed E-state index contributed by atoms with van der Waals surface area (Å²) < 4.78 is 10.9. The Morgan fingerprint density at radius 3 is 2.67 bits per heavy atom. The van der Waals surface area contributed by atoms with Crippen LogP contribution >= 0.6 is 11.6 Å². The lowest BCUT2D eigenvalue weighted by molar-refractivity contribution is -0.112. The average Bonchev–Trinajstić information content (AvgIpc) is 2.81. The van der Waals surface area contributed by atoms with E-state index in [0.29, 0.717) is 0 Å². The highest BCUT2D eigenvalue weighted by molar-refractivity contribution is 6.21. The maximum atomic E-state index is 5.94. The van der Waals surface area contributed by atoms with Crippen molar-refractivity contribution in [1.29, 1.82) is 0 Å². The van der Waals surface area contributed by atoms with Crippen LogP contribution < -0.4 is 0 Å². The molecule has 0 heterocycles. The summed E-state index contributed by atoms with van der Waals surface area (Å²) in [5.41, 5.74) is 0. The Hall–Kier alpha value is 0.210. The highest BCUT2D eigenvalue weighted by Crippen LogP contribution is 2.35. The van der Waals surface area contributed by atoms with Crippen LogP contribution in [0.2, 0.25) is 0 Å². The van der Waals surface area contributed by atoms with Gasteiger partial charge in [0.2, 0.25) is 0 Å². The van der Waals surface area contributed by atoms with Gasteiger partial charge < -0.3 is 9.47 Å². The first-order valence-corrected chi connectivity index (χ1v) is 5.03. The van der Waals surface area contributed by atoms with E-state index in [9.17, 15) is 0 Å². The summed E-state index contributed by atoms with van der Waals surface area (Å²) in [6, 6.07) is 0. The van der Waals surface area contributed by atoms with E-state index < -0.39 is 0 Å². The van der Waals surface area contributed by atoms with Gasteiger partial charge in [-0.3, -0.25) is 0 Å². The minimum absolute atomic E-state index is 0.130. The summed E-state index contributed by atoms with van der Waals surface area (Å²) in [5, 5.41) is 0.166. The third-order valence-corrected chi connectivity index (χ3v) is 3.12. The quantitative estimate of drug-likeness (QED) is 0.630. The van der Waals surface area contributed by atoms with Gasteiger partial charge in [0.05, 0.1) is 17.6 Å². The monoisotopic (exact) mass is 190 g/mol. The smallest absolute Gasteiger partial charge is 0.0997 e. The summed E-state index contributed by atoms with van der Waals surface area (Å²) >= 11 is 5.94.